The second-order valence-electron chi connectivity index (χ2n) is 5.70. The Morgan fingerprint density at radius 3 is 2.36 bits per heavy atom. The van der Waals surface area contributed by atoms with Crippen LogP contribution in [0.25, 0.3) is 0 Å². The molecule has 0 aromatic carbocycles. The van der Waals surface area contributed by atoms with Crippen molar-refractivity contribution in [1.82, 2.24) is 18.8 Å². The van der Waals surface area contributed by atoms with Gasteiger partial charge in [-0.3, -0.25) is 4.68 Å². The van der Waals surface area contributed by atoms with Crippen molar-refractivity contribution in [3.8, 4) is 0 Å². The zero-order valence-corrected chi connectivity index (χ0v) is 14.8. The van der Waals surface area contributed by atoms with Gasteiger partial charge < -0.3 is 0 Å². The highest BCUT2D eigenvalue weighted by Crippen LogP contribution is 2.21. The predicted molar refractivity (Wildman–Crippen MR) is 82.4 cm³/mol. The molecule has 1 atom stereocenters. The van der Waals surface area contributed by atoms with Crippen LogP contribution in [0.5, 0.6) is 0 Å². The van der Waals surface area contributed by atoms with Crippen molar-refractivity contribution in [3.63, 3.8) is 0 Å². The van der Waals surface area contributed by atoms with Crippen LogP contribution in [0.15, 0.2) is 4.90 Å². The van der Waals surface area contributed by atoms with Crippen molar-refractivity contribution in [2.75, 3.05) is 19.3 Å². The largest absolute Gasteiger partial charge is 0.271 e. The molecule has 0 saturated carbocycles. The van der Waals surface area contributed by atoms with Crippen LogP contribution in [0, 0.1) is 13.8 Å². The van der Waals surface area contributed by atoms with Crippen molar-refractivity contribution in [2.24, 2.45) is 7.05 Å². The predicted octanol–water partition coefficient (Wildman–Crippen LogP) is -0.261. The van der Waals surface area contributed by atoms with Gasteiger partial charge in [-0.25, -0.2) is 25.9 Å². The molecule has 126 valence electrons. The SMILES string of the molecule is Cc1nn(C)c(C)c1S(=O)(=O)NC1CCCN(S(C)(=O)=O)C1. The molecule has 0 bridgehead atoms. The fourth-order valence-electron chi connectivity index (χ4n) is 2.76. The average molecular weight is 350 g/mol. The molecule has 0 aliphatic carbocycles. The van der Waals surface area contributed by atoms with Gasteiger partial charge in [-0.15, -0.1) is 0 Å². The van der Waals surface area contributed by atoms with Gasteiger partial charge in [0.1, 0.15) is 4.90 Å². The lowest BCUT2D eigenvalue weighted by Gasteiger charge is -2.31. The first-order chi connectivity index (χ1) is 10.0. The summed E-state index contributed by atoms with van der Waals surface area (Å²) in [7, 11) is -5.35. The number of hydrogen-bond acceptors (Lipinski definition) is 5. The third-order valence-electron chi connectivity index (χ3n) is 3.89. The number of piperidine rings is 1. The lowest BCUT2D eigenvalue weighted by Crippen LogP contribution is -2.49. The molecule has 2 heterocycles. The third-order valence-corrected chi connectivity index (χ3v) is 6.93. The summed E-state index contributed by atoms with van der Waals surface area (Å²) in [4.78, 5) is 0.173. The van der Waals surface area contributed by atoms with Gasteiger partial charge in [0.2, 0.25) is 20.0 Å². The first-order valence-electron chi connectivity index (χ1n) is 7.00. The highest BCUT2D eigenvalue weighted by molar-refractivity contribution is 7.89. The van der Waals surface area contributed by atoms with Gasteiger partial charge in [-0.1, -0.05) is 0 Å². The van der Waals surface area contributed by atoms with Crippen molar-refractivity contribution < 1.29 is 16.8 Å². The molecule has 1 aliphatic heterocycles. The summed E-state index contributed by atoms with van der Waals surface area (Å²) in [5, 5.41) is 4.12. The molecule has 1 N–H and O–H groups in total. The third kappa shape index (κ3) is 3.50. The summed E-state index contributed by atoms with van der Waals surface area (Å²) in [6.45, 7) is 3.93. The molecular formula is C12H22N4O4S2. The molecule has 1 aliphatic rings. The Bertz CT molecular complexity index is 767. The van der Waals surface area contributed by atoms with Crippen LogP contribution >= 0.6 is 0 Å². The molecule has 1 aromatic rings. The molecule has 1 unspecified atom stereocenters. The highest BCUT2D eigenvalue weighted by atomic mass is 32.2. The van der Waals surface area contributed by atoms with Gasteiger partial charge in [0.15, 0.2) is 0 Å². The minimum Gasteiger partial charge on any atom is -0.271 e. The standard InChI is InChI=1S/C12H22N4O4S2/c1-9-12(10(2)15(3)13-9)22(19,20)14-11-6-5-7-16(8-11)21(4,17)18/h11,14H,5-8H2,1-4H3. The van der Waals surface area contributed by atoms with Crippen LogP contribution < -0.4 is 4.72 Å². The topological polar surface area (TPSA) is 101 Å². The van der Waals surface area contributed by atoms with E-state index in [0.29, 0.717) is 30.8 Å². The Morgan fingerprint density at radius 1 is 1.23 bits per heavy atom. The molecule has 10 heteroatoms. The average Bonchev–Trinajstić information content (AvgIpc) is 2.62. The minimum atomic E-state index is -3.72. The minimum absolute atomic E-state index is 0.163. The van der Waals surface area contributed by atoms with E-state index in [-0.39, 0.29) is 11.4 Å². The van der Waals surface area contributed by atoms with Crippen molar-refractivity contribution in [1.29, 1.82) is 0 Å². The molecule has 0 amide bonds. The van der Waals surface area contributed by atoms with Crippen LogP contribution in [0.2, 0.25) is 0 Å². The Balaban J connectivity index is 2.22. The fraction of sp³-hybridized carbons (Fsp3) is 0.750. The number of sulfonamides is 2. The van der Waals surface area contributed by atoms with E-state index < -0.39 is 26.1 Å². The summed E-state index contributed by atoms with van der Waals surface area (Å²) in [5.41, 5.74) is 0.990. The monoisotopic (exact) mass is 350 g/mol. The summed E-state index contributed by atoms with van der Waals surface area (Å²) in [6, 6.07) is -0.424. The van der Waals surface area contributed by atoms with Gasteiger partial charge in [0.05, 0.1) is 17.6 Å². The maximum atomic E-state index is 12.6. The van der Waals surface area contributed by atoms with Crippen LogP contribution in [0.1, 0.15) is 24.2 Å². The molecular weight excluding hydrogens is 328 g/mol. The van der Waals surface area contributed by atoms with Gasteiger partial charge in [-0.05, 0) is 26.7 Å². The lowest BCUT2D eigenvalue weighted by molar-refractivity contribution is 0.305. The van der Waals surface area contributed by atoms with Gasteiger partial charge in [-0.2, -0.15) is 5.10 Å². The van der Waals surface area contributed by atoms with E-state index in [2.05, 4.69) is 9.82 Å². The lowest BCUT2D eigenvalue weighted by atomic mass is 10.1. The molecule has 22 heavy (non-hydrogen) atoms. The second kappa shape index (κ2) is 5.91. The van der Waals surface area contributed by atoms with Crippen LogP contribution in [-0.2, 0) is 27.1 Å². The van der Waals surface area contributed by atoms with E-state index >= 15 is 0 Å². The molecule has 8 nitrogen and oxygen atoms in total. The smallest absolute Gasteiger partial charge is 0.244 e. The highest BCUT2D eigenvalue weighted by Gasteiger charge is 2.31. The van der Waals surface area contributed by atoms with E-state index in [0.717, 1.165) is 6.26 Å². The Kier molecular flexibility index (Phi) is 4.67. The Labute approximate surface area is 131 Å². The summed E-state index contributed by atoms with van der Waals surface area (Å²) < 4.78 is 53.8. The summed E-state index contributed by atoms with van der Waals surface area (Å²) >= 11 is 0. The summed E-state index contributed by atoms with van der Waals surface area (Å²) in [6.07, 6.45) is 2.38. The number of aryl methyl sites for hydroxylation is 2. The van der Waals surface area contributed by atoms with E-state index in [9.17, 15) is 16.8 Å². The molecule has 0 radical (unpaired) electrons. The number of aromatic nitrogens is 2. The van der Waals surface area contributed by atoms with E-state index in [1.807, 2.05) is 0 Å². The van der Waals surface area contributed by atoms with Crippen molar-refractivity contribution in [2.45, 2.75) is 37.6 Å². The number of rotatable bonds is 4. The van der Waals surface area contributed by atoms with Crippen LogP contribution in [0.4, 0.5) is 0 Å². The second-order valence-corrected chi connectivity index (χ2v) is 9.34. The van der Waals surface area contributed by atoms with Gasteiger partial charge >= 0.3 is 0 Å². The maximum Gasteiger partial charge on any atom is 0.244 e. The van der Waals surface area contributed by atoms with Gasteiger partial charge in [0.25, 0.3) is 0 Å². The van der Waals surface area contributed by atoms with E-state index in [4.69, 9.17) is 0 Å². The fourth-order valence-corrected chi connectivity index (χ4v) is 5.37. The molecule has 2 rings (SSSR count). The first kappa shape index (κ1) is 17.4. The normalized spacial score (nSPS) is 21.2. The number of nitrogens with zero attached hydrogens (tertiary/aromatic N) is 3. The first-order valence-corrected chi connectivity index (χ1v) is 10.3. The summed E-state index contributed by atoms with van der Waals surface area (Å²) in [5.74, 6) is 0. The number of nitrogens with one attached hydrogen (secondary N) is 1. The Hall–Kier alpha value is -0.970. The van der Waals surface area contributed by atoms with Crippen LogP contribution in [0.3, 0.4) is 0 Å². The van der Waals surface area contributed by atoms with Crippen LogP contribution in [-0.4, -0.2) is 56.3 Å². The van der Waals surface area contributed by atoms with Crippen molar-refractivity contribution >= 4 is 20.0 Å². The Morgan fingerprint density at radius 2 is 1.86 bits per heavy atom. The molecule has 1 aromatic heterocycles. The molecule has 1 saturated heterocycles. The zero-order chi connectivity index (χ0) is 16.7. The van der Waals surface area contributed by atoms with E-state index in [1.54, 1.807) is 20.9 Å². The maximum absolute atomic E-state index is 12.6. The molecule has 1 fully saturated rings. The number of hydrogen-bond donors (Lipinski definition) is 1. The van der Waals surface area contributed by atoms with Crippen molar-refractivity contribution in [3.05, 3.63) is 11.4 Å². The van der Waals surface area contributed by atoms with E-state index in [1.165, 1.54) is 8.99 Å². The quantitative estimate of drug-likeness (QED) is 0.806. The van der Waals surface area contributed by atoms with Gasteiger partial charge in [0, 0.05) is 26.2 Å². The zero-order valence-electron chi connectivity index (χ0n) is 13.2. The molecule has 0 spiro atoms.